The molecule has 186 valence electrons. The van der Waals surface area contributed by atoms with Crippen molar-refractivity contribution < 1.29 is 12.8 Å². The maximum Gasteiger partial charge on any atom is 0.211 e. The highest BCUT2D eigenvalue weighted by Crippen LogP contribution is 2.29. The Kier molecular flexibility index (Phi) is 6.43. The van der Waals surface area contributed by atoms with Gasteiger partial charge in [-0.25, -0.2) is 12.8 Å². The van der Waals surface area contributed by atoms with Crippen molar-refractivity contribution in [1.82, 2.24) is 4.57 Å². The van der Waals surface area contributed by atoms with Crippen LogP contribution in [0.15, 0.2) is 81.4 Å². The molecule has 36 heavy (non-hydrogen) atoms. The van der Waals surface area contributed by atoms with Gasteiger partial charge in [0, 0.05) is 25.8 Å². The number of aromatic nitrogens is 1. The molecule has 0 spiro atoms. The summed E-state index contributed by atoms with van der Waals surface area (Å²) in [5, 5.41) is 0.0640. The van der Waals surface area contributed by atoms with E-state index in [1.54, 1.807) is 35.8 Å². The van der Waals surface area contributed by atoms with Crippen LogP contribution in [0.5, 0.6) is 0 Å². The van der Waals surface area contributed by atoms with E-state index < -0.39 is 21.1 Å². The molecule has 2 heterocycles. The number of hydrogen-bond acceptors (Lipinski definition) is 4. The number of fused-ring (bicyclic) bond motifs is 1. The lowest BCUT2D eigenvalue weighted by molar-refractivity contribution is 0.557. The molecule has 0 radical (unpaired) electrons. The molecule has 4 aromatic rings. The van der Waals surface area contributed by atoms with Gasteiger partial charge in [-0.2, -0.15) is 0 Å². The molecule has 0 saturated carbocycles. The molecule has 1 fully saturated rings. The van der Waals surface area contributed by atoms with Crippen LogP contribution in [0.3, 0.4) is 0 Å². The van der Waals surface area contributed by atoms with Gasteiger partial charge in [0.1, 0.15) is 10.7 Å². The molecule has 0 atom stereocenters. The monoisotopic (exact) mass is 504 g/mol. The first-order valence-corrected chi connectivity index (χ1v) is 13.7. The molecule has 5 rings (SSSR count). The van der Waals surface area contributed by atoms with Gasteiger partial charge in [-0.3, -0.25) is 4.79 Å². The zero-order valence-electron chi connectivity index (χ0n) is 20.5. The number of sulfone groups is 1. The van der Waals surface area contributed by atoms with Gasteiger partial charge in [0.15, 0.2) is 0 Å². The molecule has 0 amide bonds. The van der Waals surface area contributed by atoms with Gasteiger partial charge in [-0.1, -0.05) is 42.0 Å². The van der Waals surface area contributed by atoms with E-state index in [9.17, 15) is 13.2 Å². The van der Waals surface area contributed by atoms with E-state index in [1.807, 2.05) is 36.1 Å². The van der Waals surface area contributed by atoms with Crippen LogP contribution in [-0.2, 0) is 16.4 Å². The molecule has 0 unspecified atom stereocenters. The van der Waals surface area contributed by atoms with Gasteiger partial charge in [0.25, 0.3) is 0 Å². The molecule has 1 saturated heterocycles. The van der Waals surface area contributed by atoms with Crippen molar-refractivity contribution >= 4 is 26.4 Å². The first kappa shape index (κ1) is 24.3. The smallest absolute Gasteiger partial charge is 0.211 e. The molecular formula is C29H29FN2O3S. The van der Waals surface area contributed by atoms with Crippen LogP contribution in [0, 0.1) is 19.7 Å². The second-order valence-electron chi connectivity index (χ2n) is 9.62. The van der Waals surface area contributed by atoms with Gasteiger partial charge in [-0.05, 0) is 68.5 Å². The number of benzene rings is 3. The van der Waals surface area contributed by atoms with Gasteiger partial charge in [0.2, 0.25) is 15.3 Å². The number of piperidine rings is 1. The molecule has 0 aliphatic carbocycles. The Bertz CT molecular complexity index is 1600. The van der Waals surface area contributed by atoms with Crippen molar-refractivity contribution in [3.05, 3.63) is 99.6 Å². The Labute approximate surface area is 210 Å². The maximum absolute atomic E-state index is 15.4. The molecule has 1 aliphatic heterocycles. The van der Waals surface area contributed by atoms with Crippen LogP contribution in [0.2, 0.25) is 0 Å². The summed E-state index contributed by atoms with van der Waals surface area (Å²) in [6.07, 6.45) is 4.51. The Hall–Kier alpha value is -3.45. The van der Waals surface area contributed by atoms with Crippen LogP contribution in [0.4, 0.5) is 10.1 Å². The molecule has 1 aromatic heterocycles. The fourth-order valence-corrected chi connectivity index (χ4v) is 6.34. The molecule has 3 aromatic carbocycles. The van der Waals surface area contributed by atoms with Crippen molar-refractivity contribution in [2.75, 3.05) is 18.0 Å². The Morgan fingerprint density at radius 3 is 2.31 bits per heavy atom. The van der Waals surface area contributed by atoms with Crippen molar-refractivity contribution in [2.24, 2.45) is 0 Å². The standard InChI is InChI=1S/C29H29FN2O3S/c1-20-9-11-22(12-10-20)18-32-19-28(36(34,35)23-8-6-7-21(2)15-23)29(33)24-16-25(30)27(17-26(24)32)31-13-4-3-5-14-31/h6-12,15-17,19H,3-5,13-14,18H2,1-2H3. The predicted octanol–water partition coefficient (Wildman–Crippen LogP) is 5.63. The summed E-state index contributed by atoms with van der Waals surface area (Å²) >= 11 is 0. The van der Waals surface area contributed by atoms with E-state index in [4.69, 9.17) is 0 Å². The topological polar surface area (TPSA) is 59.4 Å². The minimum atomic E-state index is -4.11. The second-order valence-corrected chi connectivity index (χ2v) is 11.5. The summed E-state index contributed by atoms with van der Waals surface area (Å²) in [6, 6.07) is 17.3. The van der Waals surface area contributed by atoms with Gasteiger partial charge in [0.05, 0.1) is 21.5 Å². The molecular weight excluding hydrogens is 475 g/mol. The first-order valence-electron chi connectivity index (χ1n) is 12.2. The zero-order chi connectivity index (χ0) is 25.4. The first-order chi connectivity index (χ1) is 17.2. The highest BCUT2D eigenvalue weighted by molar-refractivity contribution is 7.91. The number of rotatable bonds is 5. The number of nitrogens with zero attached hydrogens (tertiary/aromatic N) is 2. The Morgan fingerprint density at radius 1 is 0.889 bits per heavy atom. The minimum Gasteiger partial charge on any atom is -0.369 e. The minimum absolute atomic E-state index is 0.0474. The number of hydrogen-bond donors (Lipinski definition) is 0. The van der Waals surface area contributed by atoms with E-state index in [2.05, 4.69) is 0 Å². The summed E-state index contributed by atoms with van der Waals surface area (Å²) in [6.45, 7) is 5.65. The number of halogens is 1. The SMILES string of the molecule is Cc1ccc(Cn2cc(S(=O)(=O)c3cccc(C)c3)c(=O)c3cc(F)c(N4CCCCC4)cc32)cc1. The fraction of sp³-hybridized carbons (Fsp3) is 0.276. The normalized spacial score (nSPS) is 14.4. The van der Waals surface area contributed by atoms with E-state index >= 15 is 4.39 Å². The highest BCUT2D eigenvalue weighted by Gasteiger charge is 2.26. The average molecular weight is 505 g/mol. The van der Waals surface area contributed by atoms with Crippen molar-refractivity contribution in [3.8, 4) is 0 Å². The summed E-state index contributed by atoms with van der Waals surface area (Å²) in [5.41, 5.74) is 3.12. The lowest BCUT2D eigenvalue weighted by Crippen LogP contribution is -2.30. The molecule has 0 bridgehead atoms. The highest BCUT2D eigenvalue weighted by atomic mass is 32.2. The third-order valence-electron chi connectivity index (χ3n) is 6.88. The van der Waals surface area contributed by atoms with E-state index in [0.29, 0.717) is 17.7 Å². The van der Waals surface area contributed by atoms with Crippen LogP contribution in [0.1, 0.15) is 36.0 Å². The van der Waals surface area contributed by atoms with Crippen LogP contribution < -0.4 is 10.3 Å². The largest absolute Gasteiger partial charge is 0.369 e. The summed E-state index contributed by atoms with van der Waals surface area (Å²) < 4.78 is 44.3. The number of pyridine rings is 1. The molecule has 7 heteroatoms. The molecule has 0 N–H and O–H groups in total. The van der Waals surface area contributed by atoms with Crippen molar-refractivity contribution in [2.45, 2.75) is 49.4 Å². The van der Waals surface area contributed by atoms with Crippen LogP contribution >= 0.6 is 0 Å². The van der Waals surface area contributed by atoms with Crippen LogP contribution in [0.25, 0.3) is 10.9 Å². The Balaban J connectivity index is 1.74. The lowest BCUT2D eigenvalue weighted by Gasteiger charge is -2.29. The van der Waals surface area contributed by atoms with E-state index in [0.717, 1.165) is 49.0 Å². The third kappa shape index (κ3) is 4.55. The average Bonchev–Trinajstić information content (AvgIpc) is 2.87. The van der Waals surface area contributed by atoms with Crippen molar-refractivity contribution in [3.63, 3.8) is 0 Å². The quantitative estimate of drug-likeness (QED) is 0.354. The summed E-state index contributed by atoms with van der Waals surface area (Å²) in [7, 11) is -4.11. The number of anilines is 1. The van der Waals surface area contributed by atoms with E-state index in [-0.39, 0.29) is 15.2 Å². The Morgan fingerprint density at radius 2 is 1.61 bits per heavy atom. The van der Waals surface area contributed by atoms with Gasteiger partial charge >= 0.3 is 0 Å². The summed E-state index contributed by atoms with van der Waals surface area (Å²) in [4.78, 5) is 15.3. The van der Waals surface area contributed by atoms with Crippen molar-refractivity contribution in [1.29, 1.82) is 0 Å². The number of aryl methyl sites for hydroxylation is 2. The zero-order valence-corrected chi connectivity index (χ0v) is 21.3. The van der Waals surface area contributed by atoms with E-state index in [1.165, 1.54) is 18.3 Å². The molecule has 1 aliphatic rings. The summed E-state index contributed by atoms with van der Waals surface area (Å²) in [5.74, 6) is -0.506. The second kappa shape index (κ2) is 9.54. The predicted molar refractivity (Wildman–Crippen MR) is 141 cm³/mol. The lowest BCUT2D eigenvalue weighted by atomic mass is 10.1. The maximum atomic E-state index is 15.4. The van der Waals surface area contributed by atoms with Crippen LogP contribution in [-0.4, -0.2) is 26.1 Å². The fourth-order valence-electron chi connectivity index (χ4n) is 4.87. The molecule has 5 nitrogen and oxygen atoms in total. The van der Waals surface area contributed by atoms with Gasteiger partial charge < -0.3 is 9.47 Å². The van der Waals surface area contributed by atoms with Gasteiger partial charge in [-0.15, -0.1) is 0 Å². The third-order valence-corrected chi connectivity index (χ3v) is 8.62.